The summed E-state index contributed by atoms with van der Waals surface area (Å²) < 4.78 is 0. The summed E-state index contributed by atoms with van der Waals surface area (Å²) in [6.07, 6.45) is 3.53. The Morgan fingerprint density at radius 3 is 2.79 bits per heavy atom. The SMILES string of the molecule is CSC(=NCCSCc1nc[nH]c1C)C(C#N)C#N. The maximum Gasteiger partial charge on any atom is 0.180 e. The molecular weight excluding hydrogens is 278 g/mol. The van der Waals surface area contributed by atoms with Gasteiger partial charge in [-0.05, 0) is 13.2 Å². The fourth-order valence-corrected chi connectivity index (χ4v) is 2.75. The Labute approximate surface area is 121 Å². The van der Waals surface area contributed by atoms with Crippen molar-refractivity contribution >= 4 is 28.6 Å². The predicted octanol–water partition coefficient (Wildman–Crippen LogP) is 2.38. The Balaban J connectivity index is 2.35. The number of aromatic amines is 1. The predicted molar refractivity (Wildman–Crippen MR) is 80.0 cm³/mol. The van der Waals surface area contributed by atoms with Crippen molar-refractivity contribution < 1.29 is 0 Å². The first-order chi connectivity index (χ1) is 9.22. The summed E-state index contributed by atoms with van der Waals surface area (Å²) >= 11 is 3.10. The van der Waals surface area contributed by atoms with Crippen molar-refractivity contribution in [2.75, 3.05) is 18.6 Å². The quantitative estimate of drug-likeness (QED) is 0.494. The van der Waals surface area contributed by atoms with Crippen LogP contribution in [0.25, 0.3) is 0 Å². The first-order valence-corrected chi connectivity index (χ1v) is 8.05. The molecule has 0 saturated heterocycles. The molecule has 1 rings (SSSR count). The van der Waals surface area contributed by atoms with Crippen LogP contribution in [0.3, 0.4) is 0 Å². The molecule has 0 bridgehead atoms. The third-order valence-corrected chi connectivity index (χ3v) is 4.12. The molecule has 7 heteroatoms. The maximum absolute atomic E-state index is 8.80. The number of H-pyrrole nitrogens is 1. The molecule has 1 heterocycles. The molecule has 0 amide bonds. The molecule has 5 nitrogen and oxygen atoms in total. The average Bonchev–Trinajstić information content (AvgIpc) is 2.83. The highest BCUT2D eigenvalue weighted by Gasteiger charge is 2.12. The maximum atomic E-state index is 8.80. The highest BCUT2D eigenvalue weighted by atomic mass is 32.2. The standard InChI is InChI=1S/C12H15N5S2/c1-9-11(17-8-16-9)7-19-4-3-15-12(18-2)10(5-13)6-14/h8,10H,3-4,7H2,1-2H3,(H,16,17). The molecule has 0 spiro atoms. The van der Waals surface area contributed by atoms with Gasteiger partial charge in [0.05, 0.1) is 29.2 Å². The summed E-state index contributed by atoms with van der Waals surface area (Å²) in [5.74, 6) is 0.952. The van der Waals surface area contributed by atoms with Crippen molar-refractivity contribution in [3.05, 3.63) is 17.7 Å². The van der Waals surface area contributed by atoms with Crippen molar-refractivity contribution in [1.29, 1.82) is 10.5 Å². The van der Waals surface area contributed by atoms with Gasteiger partial charge in [0.25, 0.3) is 0 Å². The Kier molecular flexibility index (Phi) is 7.09. The van der Waals surface area contributed by atoms with E-state index in [1.54, 1.807) is 18.1 Å². The summed E-state index contributed by atoms with van der Waals surface area (Å²) in [5.41, 5.74) is 2.15. The van der Waals surface area contributed by atoms with E-state index in [1.807, 2.05) is 25.3 Å². The Bertz CT molecular complexity index is 495. The Morgan fingerprint density at radius 1 is 1.53 bits per heavy atom. The molecule has 0 radical (unpaired) electrons. The number of aryl methyl sites for hydroxylation is 1. The van der Waals surface area contributed by atoms with Crippen molar-refractivity contribution in [2.45, 2.75) is 12.7 Å². The van der Waals surface area contributed by atoms with E-state index in [4.69, 9.17) is 10.5 Å². The molecule has 0 aliphatic carbocycles. The zero-order valence-electron chi connectivity index (χ0n) is 10.9. The monoisotopic (exact) mass is 293 g/mol. The molecule has 0 aliphatic heterocycles. The molecular formula is C12H15N5S2. The molecule has 1 aromatic rings. The molecule has 0 aromatic carbocycles. The van der Waals surface area contributed by atoms with Gasteiger partial charge >= 0.3 is 0 Å². The van der Waals surface area contributed by atoms with E-state index in [1.165, 1.54) is 11.8 Å². The first-order valence-electron chi connectivity index (χ1n) is 5.67. The van der Waals surface area contributed by atoms with Crippen LogP contribution in [0, 0.1) is 35.5 Å². The van der Waals surface area contributed by atoms with Crippen LogP contribution in [-0.2, 0) is 5.75 Å². The minimum atomic E-state index is -0.742. The fraction of sp³-hybridized carbons (Fsp3) is 0.500. The second-order valence-electron chi connectivity index (χ2n) is 3.64. The molecule has 0 aliphatic rings. The van der Waals surface area contributed by atoms with Gasteiger partial charge in [-0.1, -0.05) is 0 Å². The number of nitrogens with one attached hydrogen (secondary N) is 1. The number of imidazole rings is 1. The van der Waals surface area contributed by atoms with Crippen LogP contribution < -0.4 is 0 Å². The smallest absolute Gasteiger partial charge is 0.180 e. The molecule has 0 unspecified atom stereocenters. The summed E-state index contributed by atoms with van der Waals surface area (Å²) in [7, 11) is 0. The van der Waals surface area contributed by atoms with E-state index in [0.717, 1.165) is 22.9 Å². The number of aromatic nitrogens is 2. The summed E-state index contributed by atoms with van der Waals surface area (Å²) in [6.45, 7) is 2.61. The number of nitrogens with zero attached hydrogens (tertiary/aromatic N) is 4. The summed E-state index contributed by atoms with van der Waals surface area (Å²) in [5, 5.41) is 18.2. The number of hydrogen-bond donors (Lipinski definition) is 1. The van der Waals surface area contributed by atoms with Crippen LogP contribution in [0.5, 0.6) is 0 Å². The van der Waals surface area contributed by atoms with Crippen LogP contribution in [0.4, 0.5) is 0 Å². The van der Waals surface area contributed by atoms with Gasteiger partial charge in [-0.2, -0.15) is 22.3 Å². The molecule has 0 atom stereocenters. The van der Waals surface area contributed by atoms with Crippen LogP contribution >= 0.6 is 23.5 Å². The van der Waals surface area contributed by atoms with Gasteiger partial charge in [0.1, 0.15) is 0 Å². The van der Waals surface area contributed by atoms with Crippen LogP contribution in [0.1, 0.15) is 11.4 Å². The van der Waals surface area contributed by atoms with E-state index < -0.39 is 5.92 Å². The van der Waals surface area contributed by atoms with Gasteiger partial charge in [-0.15, -0.1) is 11.8 Å². The lowest BCUT2D eigenvalue weighted by molar-refractivity contribution is 1.09. The molecule has 0 fully saturated rings. The molecule has 0 saturated carbocycles. The Morgan fingerprint density at radius 2 is 2.26 bits per heavy atom. The Hall–Kier alpha value is -1.44. The van der Waals surface area contributed by atoms with Crippen molar-refractivity contribution in [3.8, 4) is 12.1 Å². The van der Waals surface area contributed by atoms with Crippen LogP contribution in [0.15, 0.2) is 11.3 Å². The zero-order valence-corrected chi connectivity index (χ0v) is 12.5. The number of hydrogen-bond acceptors (Lipinski definition) is 6. The van der Waals surface area contributed by atoms with E-state index in [2.05, 4.69) is 15.0 Å². The minimum Gasteiger partial charge on any atom is -0.348 e. The van der Waals surface area contributed by atoms with Gasteiger partial charge < -0.3 is 4.98 Å². The van der Waals surface area contributed by atoms with E-state index in [9.17, 15) is 0 Å². The van der Waals surface area contributed by atoms with E-state index in [0.29, 0.717) is 11.6 Å². The third kappa shape index (κ3) is 4.98. The lowest BCUT2D eigenvalue weighted by Crippen LogP contribution is -2.07. The van der Waals surface area contributed by atoms with Gasteiger partial charge in [0, 0.05) is 23.7 Å². The molecule has 19 heavy (non-hydrogen) atoms. The van der Waals surface area contributed by atoms with Crippen molar-refractivity contribution in [1.82, 2.24) is 9.97 Å². The number of thioether (sulfide) groups is 2. The summed E-state index contributed by atoms with van der Waals surface area (Å²) in [4.78, 5) is 11.6. The lowest BCUT2D eigenvalue weighted by atomic mass is 10.2. The molecule has 1 N–H and O–H groups in total. The van der Waals surface area contributed by atoms with Gasteiger partial charge in [-0.25, -0.2) is 4.98 Å². The van der Waals surface area contributed by atoms with Crippen molar-refractivity contribution in [2.24, 2.45) is 10.9 Å². The molecule has 100 valence electrons. The topological polar surface area (TPSA) is 88.6 Å². The zero-order chi connectivity index (χ0) is 14.1. The average molecular weight is 293 g/mol. The second-order valence-corrected chi connectivity index (χ2v) is 5.57. The largest absolute Gasteiger partial charge is 0.348 e. The van der Waals surface area contributed by atoms with Crippen LogP contribution in [-0.4, -0.2) is 33.6 Å². The highest BCUT2D eigenvalue weighted by molar-refractivity contribution is 8.13. The first kappa shape index (κ1) is 15.6. The van der Waals surface area contributed by atoms with Gasteiger partial charge in [-0.3, -0.25) is 4.99 Å². The van der Waals surface area contributed by atoms with Gasteiger partial charge in [0.2, 0.25) is 0 Å². The number of aliphatic imine (C=N–C) groups is 1. The van der Waals surface area contributed by atoms with Gasteiger partial charge in [0.15, 0.2) is 5.92 Å². The van der Waals surface area contributed by atoms with E-state index in [-0.39, 0.29) is 0 Å². The minimum absolute atomic E-state index is 0.599. The van der Waals surface area contributed by atoms with Crippen LogP contribution in [0.2, 0.25) is 0 Å². The number of nitriles is 2. The second kappa shape index (κ2) is 8.63. The number of rotatable bonds is 6. The fourth-order valence-electron chi connectivity index (χ4n) is 1.33. The summed E-state index contributed by atoms with van der Waals surface area (Å²) in [6, 6.07) is 3.88. The molecule has 1 aromatic heterocycles. The lowest BCUT2D eigenvalue weighted by Gasteiger charge is -2.03. The normalized spacial score (nSPS) is 11.3. The third-order valence-electron chi connectivity index (χ3n) is 2.39. The van der Waals surface area contributed by atoms with E-state index >= 15 is 0 Å². The van der Waals surface area contributed by atoms with Crippen molar-refractivity contribution in [3.63, 3.8) is 0 Å². The highest BCUT2D eigenvalue weighted by Crippen LogP contribution is 2.13.